The fourth-order valence-electron chi connectivity index (χ4n) is 2.81. The summed E-state index contributed by atoms with van der Waals surface area (Å²) in [5.74, 6) is -0.0372. The molecule has 1 amide bonds. The molecule has 0 aliphatic rings. The first-order chi connectivity index (χ1) is 14.0. The predicted molar refractivity (Wildman–Crippen MR) is 113 cm³/mol. The molecule has 2 N–H and O–H groups in total. The van der Waals surface area contributed by atoms with Crippen LogP contribution in [0.5, 0.6) is 0 Å². The minimum absolute atomic E-state index is 0.0783. The maximum atomic E-state index is 12.7. The van der Waals surface area contributed by atoms with Crippen molar-refractivity contribution >= 4 is 23.3 Å². The number of halogens is 1. The second-order valence-electron chi connectivity index (χ2n) is 6.58. The van der Waals surface area contributed by atoms with E-state index in [0.29, 0.717) is 30.2 Å². The second-order valence-corrected chi connectivity index (χ2v) is 7.02. The number of aryl methyl sites for hydroxylation is 1. The summed E-state index contributed by atoms with van der Waals surface area (Å²) in [6, 6.07) is 11.1. The van der Waals surface area contributed by atoms with Gasteiger partial charge in [-0.1, -0.05) is 29.8 Å². The minimum atomic E-state index is -0.325. The lowest BCUT2D eigenvalue weighted by Gasteiger charge is -2.12. The summed E-state index contributed by atoms with van der Waals surface area (Å²) in [5, 5.41) is 6.47. The van der Waals surface area contributed by atoms with Crippen LogP contribution in [0.4, 0.5) is 5.82 Å². The highest BCUT2D eigenvalue weighted by molar-refractivity contribution is 6.30. The Bertz CT molecular complexity index is 1040. The number of anilines is 1. The van der Waals surface area contributed by atoms with Crippen molar-refractivity contribution < 1.29 is 4.79 Å². The molecule has 3 rings (SSSR count). The Labute approximate surface area is 173 Å². The van der Waals surface area contributed by atoms with Gasteiger partial charge in [0.1, 0.15) is 6.54 Å². The van der Waals surface area contributed by atoms with Gasteiger partial charge in [-0.25, -0.2) is 4.98 Å². The molecular weight excluding hydrogens is 390 g/mol. The van der Waals surface area contributed by atoms with E-state index in [0.717, 1.165) is 11.1 Å². The lowest BCUT2D eigenvalue weighted by atomic mass is 10.2. The van der Waals surface area contributed by atoms with Crippen molar-refractivity contribution in [1.29, 1.82) is 0 Å². The maximum absolute atomic E-state index is 12.7. The molecule has 7 nitrogen and oxygen atoms in total. The second kappa shape index (κ2) is 9.84. The van der Waals surface area contributed by atoms with Crippen LogP contribution in [0, 0.1) is 6.92 Å². The SMILES string of the molecule is Cc1cnc(NCCc2cccnc2)c(=O)n1CC(=O)NCc1cccc(Cl)c1. The number of hydrogen-bond donors (Lipinski definition) is 2. The summed E-state index contributed by atoms with van der Waals surface area (Å²) in [6.07, 6.45) is 5.79. The summed E-state index contributed by atoms with van der Waals surface area (Å²) in [7, 11) is 0. The van der Waals surface area contributed by atoms with Gasteiger partial charge < -0.3 is 10.6 Å². The van der Waals surface area contributed by atoms with Crippen molar-refractivity contribution in [2.75, 3.05) is 11.9 Å². The molecule has 0 saturated heterocycles. The molecule has 0 fully saturated rings. The molecule has 0 aliphatic carbocycles. The number of carbonyl (C=O) groups is 1. The van der Waals surface area contributed by atoms with Crippen LogP contribution in [-0.2, 0) is 24.3 Å². The van der Waals surface area contributed by atoms with E-state index < -0.39 is 0 Å². The summed E-state index contributed by atoms with van der Waals surface area (Å²) >= 11 is 5.95. The first-order valence-corrected chi connectivity index (χ1v) is 9.61. The van der Waals surface area contributed by atoms with Crippen LogP contribution in [0.2, 0.25) is 5.02 Å². The zero-order valence-corrected chi connectivity index (χ0v) is 16.8. The number of rotatable bonds is 8. The highest BCUT2D eigenvalue weighted by atomic mass is 35.5. The first kappa shape index (κ1) is 20.5. The number of nitrogens with one attached hydrogen (secondary N) is 2. The number of pyridine rings is 1. The fraction of sp³-hybridized carbons (Fsp3) is 0.238. The van der Waals surface area contributed by atoms with Gasteiger partial charge in [0, 0.05) is 42.4 Å². The average Bonchev–Trinajstić information content (AvgIpc) is 2.72. The Morgan fingerprint density at radius 1 is 1.17 bits per heavy atom. The van der Waals surface area contributed by atoms with Crippen LogP contribution in [0.1, 0.15) is 16.8 Å². The van der Waals surface area contributed by atoms with Crippen LogP contribution < -0.4 is 16.2 Å². The lowest BCUT2D eigenvalue weighted by Crippen LogP contribution is -2.34. The highest BCUT2D eigenvalue weighted by Gasteiger charge is 2.11. The van der Waals surface area contributed by atoms with Gasteiger partial charge in [0.25, 0.3) is 5.56 Å². The van der Waals surface area contributed by atoms with E-state index >= 15 is 0 Å². The monoisotopic (exact) mass is 411 g/mol. The quantitative estimate of drug-likeness (QED) is 0.594. The lowest BCUT2D eigenvalue weighted by molar-refractivity contribution is -0.121. The maximum Gasteiger partial charge on any atom is 0.293 e. The zero-order chi connectivity index (χ0) is 20.6. The van der Waals surface area contributed by atoms with Gasteiger partial charge in [-0.15, -0.1) is 0 Å². The van der Waals surface area contributed by atoms with Gasteiger partial charge in [0.05, 0.1) is 0 Å². The molecule has 0 saturated carbocycles. The van der Waals surface area contributed by atoms with Crippen LogP contribution in [0.25, 0.3) is 0 Å². The van der Waals surface area contributed by atoms with Crippen LogP contribution in [-0.4, -0.2) is 27.0 Å². The molecule has 29 heavy (non-hydrogen) atoms. The number of aromatic nitrogens is 3. The number of carbonyl (C=O) groups excluding carboxylic acids is 1. The van der Waals surface area contributed by atoms with E-state index in [1.807, 2.05) is 24.3 Å². The number of nitrogens with zero attached hydrogens (tertiary/aromatic N) is 3. The Morgan fingerprint density at radius 2 is 2.00 bits per heavy atom. The van der Waals surface area contributed by atoms with E-state index in [9.17, 15) is 9.59 Å². The van der Waals surface area contributed by atoms with Gasteiger partial charge in [0.2, 0.25) is 5.91 Å². The third kappa shape index (κ3) is 5.89. The molecule has 0 radical (unpaired) electrons. The average molecular weight is 412 g/mol. The van der Waals surface area contributed by atoms with E-state index in [2.05, 4.69) is 20.6 Å². The number of hydrogen-bond acceptors (Lipinski definition) is 5. The van der Waals surface area contributed by atoms with Gasteiger partial charge in [0.15, 0.2) is 5.82 Å². The molecule has 0 unspecified atom stereocenters. The Morgan fingerprint density at radius 3 is 2.76 bits per heavy atom. The van der Waals surface area contributed by atoms with Crippen LogP contribution in [0.15, 0.2) is 59.8 Å². The van der Waals surface area contributed by atoms with Crippen LogP contribution >= 0.6 is 11.6 Å². The van der Waals surface area contributed by atoms with E-state index in [1.54, 1.807) is 37.6 Å². The largest absolute Gasteiger partial charge is 0.365 e. The molecule has 2 heterocycles. The highest BCUT2D eigenvalue weighted by Crippen LogP contribution is 2.10. The molecule has 2 aromatic heterocycles. The van der Waals surface area contributed by atoms with Crippen molar-refractivity contribution in [3.8, 4) is 0 Å². The van der Waals surface area contributed by atoms with Crippen LogP contribution in [0.3, 0.4) is 0 Å². The van der Waals surface area contributed by atoms with Crippen molar-refractivity contribution in [2.45, 2.75) is 26.4 Å². The normalized spacial score (nSPS) is 10.6. The van der Waals surface area contributed by atoms with Crippen molar-refractivity contribution in [1.82, 2.24) is 19.9 Å². The number of amides is 1. The Hall–Kier alpha value is -3.19. The number of benzene rings is 1. The van der Waals surface area contributed by atoms with E-state index in [-0.39, 0.29) is 23.8 Å². The molecule has 3 aromatic rings. The molecule has 0 spiro atoms. The molecule has 0 bridgehead atoms. The minimum Gasteiger partial charge on any atom is -0.365 e. The topological polar surface area (TPSA) is 88.9 Å². The first-order valence-electron chi connectivity index (χ1n) is 9.23. The summed E-state index contributed by atoms with van der Waals surface area (Å²) < 4.78 is 1.41. The molecule has 0 aliphatic heterocycles. The third-order valence-electron chi connectivity index (χ3n) is 4.36. The third-order valence-corrected chi connectivity index (χ3v) is 4.60. The predicted octanol–water partition coefficient (Wildman–Crippen LogP) is 2.57. The van der Waals surface area contributed by atoms with Crippen molar-refractivity contribution in [2.24, 2.45) is 0 Å². The Kier molecular flexibility index (Phi) is 6.97. The fourth-order valence-corrected chi connectivity index (χ4v) is 3.02. The van der Waals surface area contributed by atoms with Crippen molar-refractivity contribution in [3.05, 3.63) is 87.2 Å². The zero-order valence-electron chi connectivity index (χ0n) is 16.1. The molecule has 1 aromatic carbocycles. The Balaban J connectivity index is 1.60. The van der Waals surface area contributed by atoms with Gasteiger partial charge in [-0.2, -0.15) is 0 Å². The van der Waals surface area contributed by atoms with Gasteiger partial charge in [-0.05, 0) is 42.7 Å². The van der Waals surface area contributed by atoms with Gasteiger partial charge in [-0.3, -0.25) is 19.1 Å². The van der Waals surface area contributed by atoms with E-state index in [4.69, 9.17) is 11.6 Å². The molecule has 150 valence electrons. The molecule has 0 atom stereocenters. The van der Waals surface area contributed by atoms with Crippen molar-refractivity contribution in [3.63, 3.8) is 0 Å². The molecular formula is C21H22ClN5O2. The smallest absolute Gasteiger partial charge is 0.293 e. The summed E-state index contributed by atoms with van der Waals surface area (Å²) in [6.45, 7) is 2.55. The standard InChI is InChI=1S/C21H22ClN5O2/c1-15-11-26-20(24-9-7-16-5-3-8-23-12-16)21(29)27(15)14-19(28)25-13-17-4-2-6-18(22)10-17/h2-6,8,10-12H,7,9,13-14H2,1H3,(H,24,26)(H,25,28). The summed E-state index contributed by atoms with van der Waals surface area (Å²) in [4.78, 5) is 33.3. The van der Waals surface area contributed by atoms with Gasteiger partial charge >= 0.3 is 0 Å². The molecule has 8 heteroatoms. The van der Waals surface area contributed by atoms with E-state index in [1.165, 1.54) is 4.57 Å². The summed E-state index contributed by atoms with van der Waals surface area (Å²) in [5.41, 5.74) is 2.25.